The van der Waals surface area contributed by atoms with Gasteiger partial charge in [-0.3, -0.25) is 4.40 Å². The van der Waals surface area contributed by atoms with Crippen molar-refractivity contribution in [2.45, 2.75) is 19.4 Å². The molecule has 28 heavy (non-hydrogen) atoms. The van der Waals surface area contributed by atoms with Gasteiger partial charge in [-0.1, -0.05) is 6.92 Å². The molecule has 8 nitrogen and oxygen atoms in total. The fraction of sp³-hybridized carbons (Fsp3) is 0.316. The van der Waals surface area contributed by atoms with E-state index in [1.54, 1.807) is 12.3 Å². The second-order valence-electron chi connectivity index (χ2n) is 6.94. The molecule has 1 aliphatic heterocycles. The molecule has 1 fully saturated rings. The summed E-state index contributed by atoms with van der Waals surface area (Å²) in [6.07, 6.45) is 6.01. The highest BCUT2D eigenvalue weighted by molar-refractivity contribution is 5.89. The zero-order valence-corrected chi connectivity index (χ0v) is 15.6. The molecule has 142 valence electrons. The van der Waals surface area contributed by atoms with Gasteiger partial charge in [0.25, 0.3) is 0 Å². The van der Waals surface area contributed by atoms with E-state index in [1.807, 2.05) is 17.6 Å². The number of hydrogen-bond acceptors (Lipinski definition) is 7. The highest BCUT2D eigenvalue weighted by atomic mass is 19.1. The van der Waals surface area contributed by atoms with E-state index >= 15 is 0 Å². The van der Waals surface area contributed by atoms with E-state index in [9.17, 15) is 4.39 Å². The number of hydrogen-bond donors (Lipinski definition) is 0. The topological polar surface area (TPSA) is 75.3 Å². The SMILES string of the molecule is CCc1nnc2c(N3CC(N(C)c4ncnc5ccc(F)cc45)C3)nccn12. The lowest BCUT2D eigenvalue weighted by atomic mass is 10.1. The summed E-state index contributed by atoms with van der Waals surface area (Å²) in [7, 11) is 1.98. The molecule has 1 aromatic carbocycles. The highest BCUT2D eigenvalue weighted by Crippen LogP contribution is 2.29. The van der Waals surface area contributed by atoms with Gasteiger partial charge in [0.15, 0.2) is 5.82 Å². The molecule has 0 N–H and O–H groups in total. The van der Waals surface area contributed by atoms with Crippen molar-refractivity contribution in [1.82, 2.24) is 29.5 Å². The number of rotatable bonds is 4. The van der Waals surface area contributed by atoms with E-state index < -0.39 is 0 Å². The van der Waals surface area contributed by atoms with Crippen molar-refractivity contribution in [1.29, 1.82) is 0 Å². The minimum Gasteiger partial charge on any atom is -0.353 e. The zero-order valence-electron chi connectivity index (χ0n) is 15.6. The van der Waals surface area contributed by atoms with Crippen LogP contribution in [-0.2, 0) is 6.42 Å². The molecule has 0 radical (unpaired) electrons. The lowest BCUT2D eigenvalue weighted by Crippen LogP contribution is -2.59. The van der Waals surface area contributed by atoms with E-state index in [1.165, 1.54) is 18.5 Å². The van der Waals surface area contributed by atoms with Crippen LogP contribution in [0.15, 0.2) is 36.9 Å². The van der Waals surface area contributed by atoms with E-state index in [0.29, 0.717) is 5.39 Å². The Balaban J connectivity index is 1.40. The number of anilines is 2. The van der Waals surface area contributed by atoms with Gasteiger partial charge < -0.3 is 9.80 Å². The Kier molecular flexibility index (Phi) is 3.81. The maximum absolute atomic E-state index is 13.7. The van der Waals surface area contributed by atoms with E-state index in [2.05, 4.69) is 41.9 Å². The van der Waals surface area contributed by atoms with Gasteiger partial charge in [-0.05, 0) is 18.2 Å². The maximum Gasteiger partial charge on any atom is 0.203 e. The molecule has 0 spiro atoms. The van der Waals surface area contributed by atoms with Crippen LogP contribution in [0.25, 0.3) is 16.6 Å². The van der Waals surface area contributed by atoms with E-state index in [0.717, 1.165) is 48.1 Å². The third-order valence-corrected chi connectivity index (χ3v) is 5.32. The second kappa shape index (κ2) is 6.36. The van der Waals surface area contributed by atoms with Crippen molar-refractivity contribution in [3.63, 3.8) is 0 Å². The maximum atomic E-state index is 13.7. The first-order chi connectivity index (χ1) is 13.7. The van der Waals surface area contributed by atoms with Crippen LogP contribution in [-0.4, -0.2) is 55.7 Å². The Hall–Kier alpha value is -3.36. The van der Waals surface area contributed by atoms with Crippen molar-refractivity contribution in [3.05, 3.63) is 48.6 Å². The predicted molar refractivity (Wildman–Crippen MR) is 104 cm³/mol. The summed E-state index contributed by atoms with van der Waals surface area (Å²) in [5.74, 6) is 2.19. The molecule has 0 atom stereocenters. The Morgan fingerprint density at radius 2 is 2.04 bits per heavy atom. The van der Waals surface area contributed by atoms with Gasteiger partial charge >= 0.3 is 0 Å². The number of nitrogens with zero attached hydrogens (tertiary/aromatic N) is 8. The number of aromatic nitrogens is 6. The van der Waals surface area contributed by atoms with Crippen LogP contribution in [0.2, 0.25) is 0 Å². The third kappa shape index (κ3) is 2.54. The molecule has 9 heteroatoms. The minimum atomic E-state index is -0.290. The minimum absolute atomic E-state index is 0.233. The van der Waals surface area contributed by atoms with Crippen LogP contribution >= 0.6 is 0 Å². The fourth-order valence-corrected chi connectivity index (χ4v) is 3.67. The molecule has 1 saturated heterocycles. The molecule has 4 aromatic rings. The summed E-state index contributed by atoms with van der Waals surface area (Å²) in [4.78, 5) is 17.4. The van der Waals surface area contributed by atoms with Gasteiger partial charge in [0.1, 0.15) is 23.8 Å². The largest absolute Gasteiger partial charge is 0.353 e. The standard InChI is InChI=1S/C19H19FN8/c1-3-16-24-25-19-18(21-6-7-28(16)19)27-9-13(10-27)26(2)17-14-8-12(20)4-5-15(14)22-11-23-17/h4-8,11,13H,3,9-10H2,1-2H3. The number of fused-ring (bicyclic) bond motifs is 2. The first-order valence-electron chi connectivity index (χ1n) is 9.22. The molecule has 0 unspecified atom stereocenters. The predicted octanol–water partition coefficient (Wildman–Crippen LogP) is 2.09. The van der Waals surface area contributed by atoms with Crippen molar-refractivity contribution in [2.75, 3.05) is 29.9 Å². The lowest BCUT2D eigenvalue weighted by Gasteiger charge is -2.45. The van der Waals surface area contributed by atoms with Crippen LogP contribution in [0.5, 0.6) is 0 Å². The molecule has 0 amide bonds. The van der Waals surface area contributed by atoms with Crippen molar-refractivity contribution < 1.29 is 4.39 Å². The van der Waals surface area contributed by atoms with Gasteiger partial charge in [-0.15, -0.1) is 10.2 Å². The Bertz CT molecular complexity index is 1170. The van der Waals surface area contributed by atoms with Crippen LogP contribution in [0.3, 0.4) is 0 Å². The Labute approximate surface area is 160 Å². The fourth-order valence-electron chi connectivity index (χ4n) is 3.67. The monoisotopic (exact) mass is 378 g/mol. The van der Waals surface area contributed by atoms with Crippen LogP contribution < -0.4 is 9.80 Å². The van der Waals surface area contributed by atoms with Gasteiger partial charge in [-0.2, -0.15) is 0 Å². The number of benzene rings is 1. The van der Waals surface area contributed by atoms with Crippen molar-refractivity contribution >= 4 is 28.2 Å². The number of aryl methyl sites for hydroxylation is 1. The number of halogens is 1. The Morgan fingerprint density at radius 3 is 2.86 bits per heavy atom. The molecule has 0 aliphatic carbocycles. The molecular formula is C19H19FN8. The summed E-state index contributed by atoms with van der Waals surface area (Å²) < 4.78 is 15.7. The molecule has 5 rings (SSSR count). The first kappa shape index (κ1) is 16.8. The molecule has 0 bridgehead atoms. The van der Waals surface area contributed by atoms with Crippen LogP contribution in [0.4, 0.5) is 16.0 Å². The van der Waals surface area contributed by atoms with Gasteiger partial charge in [0.2, 0.25) is 5.65 Å². The average molecular weight is 378 g/mol. The summed E-state index contributed by atoms with van der Waals surface area (Å²) in [5.41, 5.74) is 1.51. The van der Waals surface area contributed by atoms with Crippen LogP contribution in [0.1, 0.15) is 12.7 Å². The quantitative estimate of drug-likeness (QED) is 0.538. The third-order valence-electron chi connectivity index (χ3n) is 5.32. The van der Waals surface area contributed by atoms with E-state index in [4.69, 9.17) is 0 Å². The summed E-state index contributed by atoms with van der Waals surface area (Å²) in [5, 5.41) is 9.26. The Morgan fingerprint density at radius 1 is 1.18 bits per heavy atom. The van der Waals surface area contributed by atoms with Gasteiger partial charge in [0, 0.05) is 44.3 Å². The summed E-state index contributed by atoms with van der Waals surface area (Å²) in [6.45, 7) is 3.61. The van der Waals surface area contributed by atoms with Gasteiger partial charge in [0.05, 0.1) is 11.6 Å². The molecule has 0 saturated carbocycles. The first-order valence-corrected chi connectivity index (χ1v) is 9.22. The van der Waals surface area contributed by atoms with Crippen molar-refractivity contribution in [2.24, 2.45) is 0 Å². The highest BCUT2D eigenvalue weighted by Gasteiger charge is 2.34. The summed E-state index contributed by atoms with van der Waals surface area (Å²) in [6, 6.07) is 4.82. The zero-order chi connectivity index (χ0) is 19.3. The van der Waals surface area contributed by atoms with Crippen molar-refractivity contribution in [3.8, 4) is 0 Å². The second-order valence-corrected chi connectivity index (χ2v) is 6.94. The normalized spacial score (nSPS) is 14.6. The molecule has 3 aromatic heterocycles. The number of likely N-dealkylation sites (N-methyl/N-ethyl adjacent to an activating group) is 1. The molecule has 4 heterocycles. The molecule has 1 aliphatic rings. The summed E-state index contributed by atoms with van der Waals surface area (Å²) >= 11 is 0. The van der Waals surface area contributed by atoms with E-state index in [-0.39, 0.29) is 11.9 Å². The molecular weight excluding hydrogens is 359 g/mol. The van der Waals surface area contributed by atoms with Crippen LogP contribution in [0, 0.1) is 5.82 Å². The van der Waals surface area contributed by atoms with Gasteiger partial charge in [-0.25, -0.2) is 19.3 Å². The smallest absolute Gasteiger partial charge is 0.203 e. The lowest BCUT2D eigenvalue weighted by molar-refractivity contribution is 0.490. The average Bonchev–Trinajstić information content (AvgIpc) is 3.10.